The lowest BCUT2D eigenvalue weighted by molar-refractivity contribution is 0.0526. The minimum Gasteiger partial charge on any atom is -0.489 e. The molecule has 0 amide bonds. The Bertz CT molecular complexity index is 624. The van der Waals surface area contributed by atoms with Gasteiger partial charge in [0.15, 0.2) is 0 Å². The number of benzene rings is 2. The molecule has 0 N–H and O–H groups in total. The molecule has 21 heavy (non-hydrogen) atoms. The van der Waals surface area contributed by atoms with E-state index < -0.39 is 17.6 Å². The van der Waals surface area contributed by atoms with Crippen molar-refractivity contribution in [2.24, 2.45) is 0 Å². The second-order valence-corrected chi connectivity index (χ2v) is 4.27. The van der Waals surface area contributed by atoms with Gasteiger partial charge < -0.3 is 9.47 Å². The molecular weight excluding hydrogens is 278 g/mol. The lowest BCUT2D eigenvalue weighted by Gasteiger charge is -2.08. The Labute approximate surface area is 121 Å². The summed E-state index contributed by atoms with van der Waals surface area (Å²) in [6.45, 7) is 1.93. The first kappa shape index (κ1) is 15.0. The third kappa shape index (κ3) is 4.02. The number of esters is 1. The first-order valence-corrected chi connectivity index (χ1v) is 6.44. The molecule has 2 aromatic carbocycles. The fourth-order valence-corrected chi connectivity index (χ4v) is 1.72. The van der Waals surface area contributed by atoms with Crippen LogP contribution < -0.4 is 4.74 Å². The molecule has 0 aliphatic carbocycles. The molecule has 3 nitrogen and oxygen atoms in total. The minimum absolute atomic E-state index is 0.0949. The Morgan fingerprint density at radius 2 is 1.81 bits per heavy atom. The van der Waals surface area contributed by atoms with Crippen molar-refractivity contribution in [3.63, 3.8) is 0 Å². The van der Waals surface area contributed by atoms with Crippen molar-refractivity contribution in [2.75, 3.05) is 6.61 Å². The van der Waals surface area contributed by atoms with Crippen molar-refractivity contribution in [3.8, 4) is 5.75 Å². The van der Waals surface area contributed by atoms with Gasteiger partial charge >= 0.3 is 5.97 Å². The van der Waals surface area contributed by atoms with E-state index in [1.807, 2.05) is 0 Å². The van der Waals surface area contributed by atoms with E-state index in [4.69, 9.17) is 9.47 Å². The van der Waals surface area contributed by atoms with Gasteiger partial charge in [-0.3, -0.25) is 0 Å². The first-order valence-electron chi connectivity index (χ1n) is 6.44. The third-order valence-electron chi connectivity index (χ3n) is 2.77. The van der Waals surface area contributed by atoms with Crippen LogP contribution in [-0.2, 0) is 11.3 Å². The Kier molecular flexibility index (Phi) is 4.87. The SMILES string of the molecule is CCOC(=O)c1ccc(OCc2cc(F)ccc2F)cc1. The first-order chi connectivity index (χ1) is 10.1. The zero-order valence-electron chi connectivity index (χ0n) is 11.4. The zero-order chi connectivity index (χ0) is 15.2. The van der Waals surface area contributed by atoms with E-state index in [1.54, 1.807) is 31.2 Å². The smallest absolute Gasteiger partial charge is 0.338 e. The molecule has 0 saturated carbocycles. The summed E-state index contributed by atoms with van der Waals surface area (Å²) in [5.74, 6) is -1.01. The lowest BCUT2D eigenvalue weighted by Crippen LogP contribution is -2.04. The van der Waals surface area contributed by atoms with Crippen LogP contribution in [-0.4, -0.2) is 12.6 Å². The highest BCUT2D eigenvalue weighted by Crippen LogP contribution is 2.17. The summed E-state index contributed by atoms with van der Waals surface area (Å²) in [7, 11) is 0. The van der Waals surface area contributed by atoms with Gasteiger partial charge in [0.05, 0.1) is 12.2 Å². The van der Waals surface area contributed by atoms with Crippen LogP contribution in [0, 0.1) is 11.6 Å². The summed E-state index contributed by atoms with van der Waals surface area (Å²) in [5.41, 5.74) is 0.533. The number of carbonyl (C=O) groups excluding carboxylic acids is 1. The van der Waals surface area contributed by atoms with Gasteiger partial charge in [-0.1, -0.05) is 0 Å². The van der Waals surface area contributed by atoms with E-state index in [-0.39, 0.29) is 12.2 Å². The second-order valence-electron chi connectivity index (χ2n) is 4.27. The number of carbonyl (C=O) groups is 1. The van der Waals surface area contributed by atoms with Crippen LogP contribution in [0.1, 0.15) is 22.8 Å². The van der Waals surface area contributed by atoms with Gasteiger partial charge in [-0.2, -0.15) is 0 Å². The molecule has 0 aliphatic heterocycles. The van der Waals surface area contributed by atoms with Crippen molar-refractivity contribution in [1.29, 1.82) is 0 Å². The number of ether oxygens (including phenoxy) is 2. The van der Waals surface area contributed by atoms with Crippen LogP contribution >= 0.6 is 0 Å². The van der Waals surface area contributed by atoms with E-state index in [9.17, 15) is 13.6 Å². The number of hydrogen-bond acceptors (Lipinski definition) is 3. The van der Waals surface area contributed by atoms with Crippen molar-refractivity contribution in [1.82, 2.24) is 0 Å². The van der Waals surface area contributed by atoms with Crippen molar-refractivity contribution in [3.05, 3.63) is 65.2 Å². The van der Waals surface area contributed by atoms with E-state index in [2.05, 4.69) is 0 Å². The van der Waals surface area contributed by atoms with E-state index >= 15 is 0 Å². The van der Waals surface area contributed by atoms with Crippen molar-refractivity contribution < 1.29 is 23.0 Å². The summed E-state index contributed by atoms with van der Waals surface area (Å²) >= 11 is 0. The molecule has 0 fully saturated rings. The van der Waals surface area contributed by atoms with E-state index in [0.717, 1.165) is 18.2 Å². The Morgan fingerprint density at radius 1 is 1.10 bits per heavy atom. The van der Waals surface area contributed by atoms with Gasteiger partial charge in [-0.05, 0) is 49.4 Å². The molecule has 5 heteroatoms. The fourth-order valence-electron chi connectivity index (χ4n) is 1.72. The van der Waals surface area contributed by atoms with Crippen LogP contribution in [0.5, 0.6) is 5.75 Å². The monoisotopic (exact) mass is 292 g/mol. The minimum atomic E-state index is -0.528. The number of hydrogen-bond donors (Lipinski definition) is 0. The molecule has 0 unspecified atom stereocenters. The van der Waals surface area contributed by atoms with Crippen LogP contribution in [0.15, 0.2) is 42.5 Å². The van der Waals surface area contributed by atoms with Gasteiger partial charge in [0.2, 0.25) is 0 Å². The summed E-state index contributed by atoms with van der Waals surface area (Å²) in [4.78, 5) is 11.5. The van der Waals surface area contributed by atoms with Gasteiger partial charge in [-0.15, -0.1) is 0 Å². The Hall–Kier alpha value is -2.43. The molecule has 0 aliphatic rings. The zero-order valence-corrected chi connectivity index (χ0v) is 11.4. The maximum atomic E-state index is 13.4. The van der Waals surface area contributed by atoms with Crippen molar-refractivity contribution in [2.45, 2.75) is 13.5 Å². The highest BCUT2D eigenvalue weighted by Gasteiger charge is 2.07. The molecule has 0 aromatic heterocycles. The molecule has 0 heterocycles. The summed E-state index contributed by atoms with van der Waals surface area (Å²) < 4.78 is 36.7. The van der Waals surface area contributed by atoms with Gasteiger partial charge in [0, 0.05) is 5.56 Å². The fraction of sp³-hybridized carbons (Fsp3) is 0.188. The molecule has 2 rings (SSSR count). The number of rotatable bonds is 5. The van der Waals surface area contributed by atoms with Crippen LogP contribution in [0.25, 0.3) is 0 Å². The maximum absolute atomic E-state index is 13.4. The summed E-state index contributed by atoms with van der Waals surface area (Å²) in [6.07, 6.45) is 0. The van der Waals surface area contributed by atoms with Crippen LogP contribution in [0.4, 0.5) is 8.78 Å². The molecule has 0 saturated heterocycles. The summed E-state index contributed by atoms with van der Waals surface area (Å²) in [5, 5.41) is 0. The molecule has 0 bridgehead atoms. The molecule has 0 atom stereocenters. The second kappa shape index (κ2) is 6.83. The van der Waals surface area contributed by atoms with Crippen LogP contribution in [0.3, 0.4) is 0 Å². The lowest BCUT2D eigenvalue weighted by atomic mass is 10.2. The highest BCUT2D eigenvalue weighted by molar-refractivity contribution is 5.89. The van der Waals surface area contributed by atoms with Crippen molar-refractivity contribution >= 4 is 5.97 Å². The maximum Gasteiger partial charge on any atom is 0.338 e. The van der Waals surface area contributed by atoms with Gasteiger partial charge in [0.1, 0.15) is 24.0 Å². The Balaban J connectivity index is 2.00. The average Bonchev–Trinajstić information content (AvgIpc) is 2.49. The molecule has 0 radical (unpaired) electrons. The van der Waals surface area contributed by atoms with E-state index in [0.29, 0.717) is 17.9 Å². The predicted molar refractivity (Wildman–Crippen MR) is 73.1 cm³/mol. The Morgan fingerprint density at radius 3 is 2.48 bits per heavy atom. The largest absolute Gasteiger partial charge is 0.489 e. The quantitative estimate of drug-likeness (QED) is 0.788. The standard InChI is InChI=1S/C16H14F2O3/c1-2-20-16(19)11-3-6-14(7-4-11)21-10-12-9-13(17)5-8-15(12)18/h3-9H,2,10H2,1H3. The average molecular weight is 292 g/mol. The normalized spacial score (nSPS) is 10.2. The van der Waals surface area contributed by atoms with E-state index in [1.165, 1.54) is 0 Å². The summed E-state index contributed by atoms with van der Waals surface area (Å²) in [6, 6.07) is 9.44. The molecule has 0 spiro atoms. The number of halogens is 2. The van der Waals surface area contributed by atoms with Gasteiger partial charge in [0.25, 0.3) is 0 Å². The predicted octanol–water partition coefficient (Wildman–Crippen LogP) is 3.72. The van der Waals surface area contributed by atoms with Gasteiger partial charge in [-0.25, -0.2) is 13.6 Å². The molecule has 2 aromatic rings. The topological polar surface area (TPSA) is 35.5 Å². The molecular formula is C16H14F2O3. The van der Waals surface area contributed by atoms with Crippen LogP contribution in [0.2, 0.25) is 0 Å². The molecule has 110 valence electrons. The highest BCUT2D eigenvalue weighted by atomic mass is 19.1. The third-order valence-corrected chi connectivity index (χ3v) is 2.77.